The van der Waals surface area contributed by atoms with Crippen molar-refractivity contribution in [2.24, 2.45) is 0 Å². The van der Waals surface area contributed by atoms with Crippen LogP contribution >= 0.6 is 7.14 Å². The van der Waals surface area contributed by atoms with E-state index in [-0.39, 0.29) is 0 Å². The highest BCUT2D eigenvalue weighted by Gasteiger charge is 2.38. The Kier molecular flexibility index (Phi) is 6.70. The van der Waals surface area contributed by atoms with Crippen LogP contribution in [0.15, 0.2) is 164 Å². The number of para-hydroxylation sites is 1. The second-order valence-corrected chi connectivity index (χ2v) is 13.8. The van der Waals surface area contributed by atoms with Crippen molar-refractivity contribution in [2.75, 3.05) is 0 Å². The molecule has 7 aromatic rings. The summed E-state index contributed by atoms with van der Waals surface area (Å²) in [6.07, 6.45) is 7.36. The van der Waals surface area contributed by atoms with Gasteiger partial charge >= 0.3 is 0 Å². The first-order chi connectivity index (χ1) is 22.2. The zero-order valence-corrected chi connectivity index (χ0v) is 25.1. The van der Waals surface area contributed by atoms with Gasteiger partial charge in [-0.15, -0.1) is 0 Å². The molecule has 0 N–H and O–H groups in total. The summed E-state index contributed by atoms with van der Waals surface area (Å²) in [5, 5.41) is 2.25. The van der Waals surface area contributed by atoms with Crippen molar-refractivity contribution in [3.8, 4) is 56.0 Å². The van der Waals surface area contributed by atoms with E-state index >= 15 is 0 Å². The number of pyridine rings is 2. The van der Waals surface area contributed by atoms with Crippen molar-refractivity contribution >= 4 is 23.1 Å². The van der Waals surface area contributed by atoms with E-state index in [1.54, 1.807) is 12.4 Å². The second-order valence-electron chi connectivity index (χ2n) is 11.1. The van der Waals surface area contributed by atoms with Crippen molar-refractivity contribution < 1.29 is 9.30 Å². The van der Waals surface area contributed by atoms with Gasteiger partial charge in [0.2, 0.25) is 0 Å². The third kappa shape index (κ3) is 4.86. The predicted molar refractivity (Wildman–Crippen MR) is 183 cm³/mol. The number of nitrogens with zero attached hydrogens (tertiary/aromatic N) is 2. The van der Waals surface area contributed by atoms with Crippen LogP contribution < -0.4 is 20.7 Å². The summed E-state index contributed by atoms with van der Waals surface area (Å²) in [4.78, 5) is 8.71. The number of rotatable bonds is 5. The topological polar surface area (TPSA) is 52.1 Å². The second kappa shape index (κ2) is 11.2. The Morgan fingerprint density at radius 1 is 0.422 bits per heavy atom. The number of benzene rings is 5. The van der Waals surface area contributed by atoms with Crippen LogP contribution in [0.3, 0.4) is 0 Å². The van der Waals surface area contributed by atoms with Crippen LogP contribution in [0.4, 0.5) is 0 Å². The molecule has 0 amide bonds. The monoisotopic (exact) mass is 598 g/mol. The number of hydrogen-bond donors (Lipinski definition) is 0. The Morgan fingerprint density at radius 2 is 0.956 bits per heavy atom. The molecule has 1 aliphatic heterocycles. The van der Waals surface area contributed by atoms with Crippen LogP contribution in [0.25, 0.3) is 44.5 Å². The fourth-order valence-electron chi connectivity index (χ4n) is 6.08. The van der Waals surface area contributed by atoms with E-state index in [4.69, 9.17) is 4.74 Å². The summed E-state index contributed by atoms with van der Waals surface area (Å²) in [7, 11) is -3.12. The van der Waals surface area contributed by atoms with Gasteiger partial charge < -0.3 is 9.30 Å². The molecule has 5 aromatic carbocycles. The van der Waals surface area contributed by atoms with Gasteiger partial charge in [0.15, 0.2) is 7.14 Å². The first-order valence-corrected chi connectivity index (χ1v) is 16.5. The maximum atomic E-state index is 15.0. The minimum atomic E-state index is -3.12. The summed E-state index contributed by atoms with van der Waals surface area (Å²) in [6, 6.07) is 46.6. The summed E-state index contributed by atoms with van der Waals surface area (Å²) in [5.74, 6) is 1.26. The fourth-order valence-corrected chi connectivity index (χ4v) is 8.92. The van der Waals surface area contributed by atoms with Gasteiger partial charge in [-0.3, -0.25) is 9.97 Å². The molecule has 5 heteroatoms. The predicted octanol–water partition coefficient (Wildman–Crippen LogP) is 8.89. The molecule has 45 heavy (non-hydrogen) atoms. The van der Waals surface area contributed by atoms with Gasteiger partial charge in [0.25, 0.3) is 0 Å². The highest BCUT2D eigenvalue weighted by Crippen LogP contribution is 2.52. The van der Waals surface area contributed by atoms with E-state index in [9.17, 15) is 4.57 Å². The van der Waals surface area contributed by atoms with Crippen molar-refractivity contribution in [1.82, 2.24) is 9.97 Å². The van der Waals surface area contributed by atoms with Crippen molar-refractivity contribution in [3.63, 3.8) is 0 Å². The number of fused-ring (bicyclic) bond motifs is 2. The molecular formula is C40H27N2O2P. The van der Waals surface area contributed by atoms with Gasteiger partial charge in [0.1, 0.15) is 11.5 Å². The smallest absolute Gasteiger partial charge is 0.178 e. The average molecular weight is 599 g/mol. The lowest BCUT2D eigenvalue weighted by Gasteiger charge is -2.29. The largest absolute Gasteiger partial charge is 0.456 e. The molecule has 2 aromatic heterocycles. The van der Waals surface area contributed by atoms with E-state index in [0.717, 1.165) is 60.4 Å². The molecule has 0 fully saturated rings. The Bertz CT molecular complexity index is 2160. The molecular weight excluding hydrogens is 571 g/mol. The molecule has 0 aliphatic carbocycles. The van der Waals surface area contributed by atoms with Crippen molar-refractivity contribution in [3.05, 3.63) is 164 Å². The van der Waals surface area contributed by atoms with Crippen molar-refractivity contribution in [1.29, 1.82) is 0 Å². The van der Waals surface area contributed by atoms with Gasteiger partial charge in [-0.1, -0.05) is 78.9 Å². The lowest BCUT2D eigenvalue weighted by Crippen LogP contribution is -2.30. The number of ether oxygens (including phenoxy) is 1. The Morgan fingerprint density at radius 3 is 1.62 bits per heavy atom. The highest BCUT2D eigenvalue weighted by molar-refractivity contribution is 7.85. The maximum Gasteiger partial charge on any atom is 0.178 e. The van der Waals surface area contributed by atoms with Crippen LogP contribution in [0.1, 0.15) is 0 Å². The number of hydrogen-bond acceptors (Lipinski definition) is 4. The Balaban J connectivity index is 1.23. The normalized spacial score (nSPS) is 15.0. The molecule has 0 saturated carbocycles. The molecule has 4 nitrogen and oxygen atoms in total. The maximum absolute atomic E-state index is 15.0. The molecule has 1 unspecified atom stereocenters. The third-order valence-electron chi connectivity index (χ3n) is 8.30. The van der Waals surface area contributed by atoms with Crippen LogP contribution in [-0.2, 0) is 4.57 Å². The first kappa shape index (κ1) is 27.0. The molecule has 1 aliphatic rings. The van der Waals surface area contributed by atoms with E-state index in [0.29, 0.717) is 11.5 Å². The summed E-state index contributed by atoms with van der Waals surface area (Å²) >= 11 is 0. The van der Waals surface area contributed by atoms with Crippen molar-refractivity contribution in [2.45, 2.75) is 0 Å². The van der Waals surface area contributed by atoms with Crippen LogP contribution in [-0.4, -0.2) is 9.97 Å². The van der Waals surface area contributed by atoms with E-state index in [1.165, 1.54) is 0 Å². The van der Waals surface area contributed by atoms with Gasteiger partial charge in [-0.05, 0) is 94.0 Å². The first-order valence-electron chi connectivity index (χ1n) is 14.8. The third-order valence-corrected chi connectivity index (χ3v) is 11.4. The van der Waals surface area contributed by atoms with E-state index in [1.807, 2.05) is 91.3 Å². The average Bonchev–Trinajstić information content (AvgIpc) is 3.12. The molecule has 0 saturated heterocycles. The van der Waals surface area contributed by atoms with E-state index < -0.39 is 7.14 Å². The molecule has 0 bridgehead atoms. The zero-order chi connectivity index (χ0) is 30.2. The fraction of sp³-hybridized carbons (Fsp3) is 0. The molecule has 3 heterocycles. The van der Waals surface area contributed by atoms with Gasteiger partial charge in [-0.25, -0.2) is 0 Å². The van der Waals surface area contributed by atoms with Gasteiger partial charge in [0, 0.05) is 41.2 Å². The summed E-state index contributed by atoms with van der Waals surface area (Å²) in [5.41, 5.74) is 8.49. The van der Waals surface area contributed by atoms with Gasteiger partial charge in [-0.2, -0.15) is 0 Å². The standard InChI is InChI=1S/C40H27N2O2P/c43-45(36-13-2-1-3-14-36)39-16-5-4-15-37(39)44-38-25-30(17-18-40(38)45)28-9-6-10-29(21-28)33-22-34(31-11-7-19-41-26-31)24-35(23-33)32-12-8-20-42-27-32/h1-27H. The van der Waals surface area contributed by atoms with Crippen LogP contribution in [0.2, 0.25) is 0 Å². The molecule has 214 valence electrons. The van der Waals surface area contributed by atoms with Gasteiger partial charge in [0.05, 0.1) is 10.6 Å². The lowest BCUT2D eigenvalue weighted by molar-refractivity contribution is 0.485. The zero-order valence-electron chi connectivity index (χ0n) is 24.2. The molecule has 8 rings (SSSR count). The SMILES string of the molecule is O=P1(c2ccccc2)c2ccccc2Oc2cc(-c3cccc(-c4cc(-c5cccnc5)cc(-c5cccnc5)c4)c3)ccc21. The van der Waals surface area contributed by atoms with Crippen LogP contribution in [0, 0.1) is 0 Å². The molecule has 0 spiro atoms. The quantitative estimate of drug-likeness (QED) is 0.186. The van der Waals surface area contributed by atoms with E-state index in [2.05, 4.69) is 70.6 Å². The summed E-state index contributed by atoms with van der Waals surface area (Å²) < 4.78 is 21.4. The van der Waals surface area contributed by atoms with Crippen LogP contribution in [0.5, 0.6) is 11.5 Å². The summed E-state index contributed by atoms with van der Waals surface area (Å²) in [6.45, 7) is 0. The minimum Gasteiger partial charge on any atom is -0.456 e. The minimum absolute atomic E-state index is 0.626. The highest BCUT2D eigenvalue weighted by atomic mass is 31.2. The Hall–Kier alpha value is -5.57. The Labute approximate surface area is 262 Å². The number of aromatic nitrogens is 2. The lowest BCUT2D eigenvalue weighted by atomic mass is 9.93. The molecule has 1 atom stereocenters. The molecule has 0 radical (unpaired) electrons.